The number of methoxy groups -OCH3 is 3. The molecular weight excluding hydrogens is 386 g/mol. The van der Waals surface area contributed by atoms with Crippen molar-refractivity contribution >= 4 is 17.6 Å². The van der Waals surface area contributed by atoms with Crippen LogP contribution in [-0.4, -0.2) is 44.4 Å². The molecule has 4 atom stereocenters. The second kappa shape index (κ2) is 9.63. The van der Waals surface area contributed by atoms with Crippen molar-refractivity contribution in [1.29, 1.82) is 0 Å². The molecule has 0 heterocycles. The molecule has 30 heavy (non-hydrogen) atoms. The lowest BCUT2D eigenvalue weighted by Crippen LogP contribution is -2.44. The average molecular weight is 413 g/mol. The van der Waals surface area contributed by atoms with Crippen LogP contribution >= 0.6 is 0 Å². The number of esters is 1. The maximum atomic E-state index is 13.4. The Bertz CT molecular complexity index is 885. The summed E-state index contributed by atoms with van der Waals surface area (Å²) in [5.41, 5.74) is 1.34. The van der Waals surface area contributed by atoms with Gasteiger partial charge in [-0.25, -0.2) is 0 Å². The van der Waals surface area contributed by atoms with Crippen LogP contribution in [0.1, 0.15) is 24.3 Å². The molecule has 0 radical (unpaired) electrons. The minimum atomic E-state index is -0.789. The topological polar surface area (TPSA) is 94.1 Å². The van der Waals surface area contributed by atoms with Crippen LogP contribution in [0.5, 0.6) is 11.5 Å². The van der Waals surface area contributed by atoms with Gasteiger partial charge in [0, 0.05) is 17.2 Å². The molecule has 0 unspecified atom stereocenters. The van der Waals surface area contributed by atoms with Crippen molar-refractivity contribution in [1.82, 2.24) is 0 Å². The van der Waals surface area contributed by atoms with E-state index < -0.39 is 29.8 Å². The van der Waals surface area contributed by atoms with E-state index in [0.29, 0.717) is 29.2 Å². The Morgan fingerprint density at radius 3 is 2.37 bits per heavy atom. The Hall–Kier alpha value is -3.06. The average Bonchev–Trinajstić information content (AvgIpc) is 2.77. The largest absolute Gasteiger partial charge is 0.497 e. The van der Waals surface area contributed by atoms with Gasteiger partial charge in [-0.05, 0) is 43.2 Å². The summed E-state index contributed by atoms with van der Waals surface area (Å²) in [7, 11) is 4.39. The first-order chi connectivity index (χ1) is 14.5. The molecule has 7 heteroatoms. The predicted octanol–water partition coefficient (Wildman–Crippen LogP) is 2.99. The van der Waals surface area contributed by atoms with Gasteiger partial charge in [0.15, 0.2) is 0 Å². The van der Waals surface area contributed by atoms with Gasteiger partial charge < -0.3 is 24.6 Å². The van der Waals surface area contributed by atoms with Crippen LogP contribution in [-0.2, 0) is 14.3 Å². The molecular formula is C23H27NO6. The van der Waals surface area contributed by atoms with Gasteiger partial charge in [-0.2, -0.15) is 0 Å². The highest BCUT2D eigenvalue weighted by Crippen LogP contribution is 2.46. The van der Waals surface area contributed by atoms with Crippen LogP contribution < -0.4 is 14.8 Å². The molecule has 1 fully saturated rings. The first-order valence-corrected chi connectivity index (χ1v) is 9.82. The van der Waals surface area contributed by atoms with Crippen molar-refractivity contribution in [2.75, 3.05) is 26.6 Å². The number of para-hydroxylation sites is 1. The van der Waals surface area contributed by atoms with Crippen LogP contribution in [0, 0.1) is 11.8 Å². The summed E-state index contributed by atoms with van der Waals surface area (Å²) in [6, 6.07) is 14.4. The summed E-state index contributed by atoms with van der Waals surface area (Å²) in [5, 5.41) is 13.4. The Kier molecular flexibility index (Phi) is 6.95. The number of carbonyl (C=O) groups excluding carboxylic acids is 2. The van der Waals surface area contributed by atoms with Crippen LogP contribution in [0.15, 0.2) is 48.5 Å². The summed E-state index contributed by atoms with van der Waals surface area (Å²) >= 11 is 0. The summed E-state index contributed by atoms with van der Waals surface area (Å²) < 4.78 is 15.8. The minimum absolute atomic E-state index is 0.155. The lowest BCUT2D eigenvalue weighted by molar-refractivity contribution is -0.154. The standard InChI is InChI=1S/C23H27NO6/c1-28-16-9-10-20(29-2)17(13-16)18-11-15(25)12-19(23(27)30-3)21(18)22(26)24-14-7-5-4-6-8-14/h4-10,13,15,18-19,21,25H,11-12H2,1-3H3,(H,24,26)/t15-,18-,19-,21+/m1/s1. The molecule has 160 valence electrons. The van der Waals surface area contributed by atoms with Gasteiger partial charge in [-0.3, -0.25) is 9.59 Å². The van der Waals surface area contributed by atoms with Crippen LogP contribution in [0.2, 0.25) is 0 Å². The van der Waals surface area contributed by atoms with Gasteiger partial charge in [0.05, 0.1) is 39.3 Å². The van der Waals surface area contributed by atoms with Gasteiger partial charge in [-0.15, -0.1) is 0 Å². The Balaban J connectivity index is 2.05. The number of carbonyl (C=O) groups is 2. The number of amides is 1. The van der Waals surface area contributed by atoms with Crippen molar-refractivity contribution in [2.24, 2.45) is 11.8 Å². The maximum Gasteiger partial charge on any atom is 0.309 e. The molecule has 7 nitrogen and oxygen atoms in total. The van der Waals surface area contributed by atoms with E-state index in [0.717, 1.165) is 0 Å². The highest BCUT2D eigenvalue weighted by Gasteiger charge is 2.47. The van der Waals surface area contributed by atoms with Crippen molar-refractivity contribution in [3.8, 4) is 11.5 Å². The molecule has 2 N–H and O–H groups in total. The van der Waals surface area contributed by atoms with Crippen LogP contribution in [0.3, 0.4) is 0 Å². The van der Waals surface area contributed by atoms with Crippen LogP contribution in [0.25, 0.3) is 0 Å². The zero-order valence-corrected chi connectivity index (χ0v) is 17.3. The van der Waals surface area contributed by atoms with Crippen LogP contribution in [0.4, 0.5) is 5.69 Å². The second-order valence-corrected chi connectivity index (χ2v) is 7.35. The Labute approximate surface area is 176 Å². The lowest BCUT2D eigenvalue weighted by Gasteiger charge is -2.38. The van der Waals surface area contributed by atoms with E-state index in [4.69, 9.17) is 14.2 Å². The Morgan fingerprint density at radius 1 is 1.00 bits per heavy atom. The smallest absolute Gasteiger partial charge is 0.309 e. The summed E-state index contributed by atoms with van der Waals surface area (Å²) in [6.45, 7) is 0. The zero-order valence-electron chi connectivity index (χ0n) is 17.3. The van der Waals surface area contributed by atoms with Crippen molar-refractivity contribution < 1.29 is 28.9 Å². The SMILES string of the molecule is COC(=O)[C@@H]1C[C@H](O)C[C@H](c2cc(OC)ccc2OC)[C@@H]1C(=O)Nc1ccccc1. The van der Waals surface area contributed by atoms with Gasteiger partial charge in [0.25, 0.3) is 0 Å². The number of benzene rings is 2. The normalized spacial score (nSPS) is 23.3. The highest BCUT2D eigenvalue weighted by atomic mass is 16.5. The fraction of sp³-hybridized carbons (Fsp3) is 0.391. The number of anilines is 1. The number of aliphatic hydroxyl groups excluding tert-OH is 1. The summed E-state index contributed by atoms with van der Waals surface area (Å²) in [4.78, 5) is 25.9. The van der Waals surface area contributed by atoms with Crippen molar-refractivity contribution in [2.45, 2.75) is 24.9 Å². The first kappa shape index (κ1) is 21.6. The fourth-order valence-electron chi connectivity index (χ4n) is 4.21. The number of hydrogen-bond donors (Lipinski definition) is 2. The van der Waals surface area contributed by atoms with Gasteiger partial charge in [0.2, 0.25) is 5.91 Å². The van der Waals surface area contributed by atoms with E-state index in [2.05, 4.69) is 5.32 Å². The summed E-state index contributed by atoms with van der Waals surface area (Å²) in [5.74, 6) is -1.66. The first-order valence-electron chi connectivity index (χ1n) is 9.82. The minimum Gasteiger partial charge on any atom is -0.497 e. The van der Waals surface area contributed by atoms with Gasteiger partial charge >= 0.3 is 5.97 Å². The molecule has 1 aliphatic carbocycles. The van der Waals surface area contributed by atoms with E-state index in [1.165, 1.54) is 7.11 Å². The third kappa shape index (κ3) is 4.57. The molecule has 1 aliphatic rings. The summed E-state index contributed by atoms with van der Waals surface area (Å²) in [6.07, 6.45) is -0.289. The molecule has 0 spiro atoms. The van der Waals surface area contributed by atoms with E-state index in [9.17, 15) is 14.7 Å². The number of rotatable bonds is 6. The highest BCUT2D eigenvalue weighted by molar-refractivity contribution is 5.96. The molecule has 2 aromatic carbocycles. The fourth-order valence-corrected chi connectivity index (χ4v) is 4.21. The monoisotopic (exact) mass is 413 g/mol. The van der Waals surface area contributed by atoms with Crippen molar-refractivity contribution in [3.63, 3.8) is 0 Å². The van der Waals surface area contributed by atoms with Crippen molar-refractivity contribution in [3.05, 3.63) is 54.1 Å². The Morgan fingerprint density at radius 2 is 1.73 bits per heavy atom. The second-order valence-electron chi connectivity index (χ2n) is 7.35. The molecule has 0 aliphatic heterocycles. The lowest BCUT2D eigenvalue weighted by atomic mass is 9.67. The molecule has 1 saturated carbocycles. The van der Waals surface area contributed by atoms with Gasteiger partial charge in [0.1, 0.15) is 11.5 Å². The maximum absolute atomic E-state index is 13.4. The van der Waals surface area contributed by atoms with E-state index in [1.54, 1.807) is 44.6 Å². The third-order valence-electron chi connectivity index (χ3n) is 5.60. The number of ether oxygens (including phenoxy) is 3. The van der Waals surface area contributed by atoms with Gasteiger partial charge in [-0.1, -0.05) is 18.2 Å². The molecule has 0 aromatic heterocycles. The predicted molar refractivity (Wildman–Crippen MR) is 112 cm³/mol. The van der Waals surface area contributed by atoms with E-state index in [-0.39, 0.29) is 12.3 Å². The third-order valence-corrected chi connectivity index (χ3v) is 5.60. The molecule has 3 rings (SSSR count). The quantitative estimate of drug-likeness (QED) is 0.707. The molecule has 0 saturated heterocycles. The molecule has 2 aromatic rings. The van der Waals surface area contributed by atoms with E-state index in [1.807, 2.05) is 18.2 Å². The number of hydrogen-bond acceptors (Lipinski definition) is 6. The zero-order chi connectivity index (χ0) is 21.7. The number of nitrogens with one attached hydrogen (secondary N) is 1. The number of aliphatic hydroxyl groups is 1. The molecule has 0 bridgehead atoms. The molecule has 1 amide bonds. The van der Waals surface area contributed by atoms with E-state index >= 15 is 0 Å².